The van der Waals surface area contributed by atoms with Gasteiger partial charge in [0.05, 0.1) is 20.6 Å². The van der Waals surface area contributed by atoms with E-state index in [1.165, 1.54) is 96.3 Å². The van der Waals surface area contributed by atoms with Gasteiger partial charge in [0.15, 0.2) is 0 Å². The fourth-order valence-electron chi connectivity index (χ4n) is 3.47. The zero-order valence-electron chi connectivity index (χ0n) is 20.2. The lowest BCUT2D eigenvalue weighted by atomic mass is 10.0. The van der Waals surface area contributed by atoms with Crippen molar-refractivity contribution in [1.82, 2.24) is 0 Å². The van der Waals surface area contributed by atoms with Gasteiger partial charge >= 0.3 is 5.97 Å². The van der Waals surface area contributed by atoms with Crippen LogP contribution in [0.1, 0.15) is 117 Å². The molecule has 3 nitrogen and oxygen atoms in total. The van der Waals surface area contributed by atoms with Crippen molar-refractivity contribution in [3.05, 3.63) is 12.2 Å². The van der Waals surface area contributed by atoms with Gasteiger partial charge in [0.25, 0.3) is 0 Å². The topological polar surface area (TPSA) is 26.3 Å². The molecule has 0 aliphatic rings. The maximum atomic E-state index is 11.7. The van der Waals surface area contributed by atoms with Crippen LogP contribution in [0.15, 0.2) is 12.2 Å². The number of nitrogens with zero attached hydrogens (tertiary/aromatic N) is 1. The fourth-order valence-corrected chi connectivity index (χ4v) is 3.47. The molecule has 0 N–H and O–H groups in total. The molecule has 0 fully saturated rings. The average molecular weight is 477 g/mol. The summed E-state index contributed by atoms with van der Waals surface area (Å²) in [5.74, 6) is -0.282. The number of rotatable bonds is 19. The standard InChI is InChI=1S/C25H50NO2.BrH/c1-7-8-9-10-11-12-13-14-15-16-17-18-19-20-21-22-26(5,6)24(4)28-25(27)23(2)3;/h24H,2,7-22H2,1,3-6H3;1H/q+1;/p-1. The molecule has 0 rings (SSSR count). The molecule has 0 aromatic heterocycles. The summed E-state index contributed by atoms with van der Waals surface area (Å²) in [6, 6.07) is 0. The quantitative estimate of drug-likeness (QED) is 0.0908. The van der Waals surface area contributed by atoms with E-state index in [4.69, 9.17) is 4.74 Å². The molecule has 0 aliphatic carbocycles. The van der Waals surface area contributed by atoms with Gasteiger partial charge in [-0.1, -0.05) is 97.0 Å². The molecule has 0 spiro atoms. The molecule has 0 heterocycles. The van der Waals surface area contributed by atoms with Crippen molar-refractivity contribution in [2.45, 2.75) is 123 Å². The Kier molecular flexibility index (Phi) is 20.8. The summed E-state index contributed by atoms with van der Waals surface area (Å²) in [5, 5.41) is 0. The Bertz CT molecular complexity index is 410. The van der Waals surface area contributed by atoms with Crippen LogP contribution in [-0.2, 0) is 9.53 Å². The second-order valence-electron chi connectivity index (χ2n) is 9.24. The molecule has 1 atom stereocenters. The smallest absolute Gasteiger partial charge is 0.337 e. The molecule has 0 aliphatic heterocycles. The summed E-state index contributed by atoms with van der Waals surface area (Å²) in [4.78, 5) is 11.7. The number of hydrogen-bond acceptors (Lipinski definition) is 2. The van der Waals surface area contributed by atoms with E-state index in [2.05, 4.69) is 27.6 Å². The number of hydrogen-bond donors (Lipinski definition) is 0. The second-order valence-corrected chi connectivity index (χ2v) is 9.24. The molecular formula is C25H50BrNO2. The predicted molar refractivity (Wildman–Crippen MR) is 122 cm³/mol. The van der Waals surface area contributed by atoms with E-state index in [0.29, 0.717) is 5.57 Å². The van der Waals surface area contributed by atoms with Crippen LogP contribution in [0.4, 0.5) is 0 Å². The lowest BCUT2D eigenvalue weighted by Crippen LogP contribution is -3.00. The van der Waals surface area contributed by atoms with Crippen LogP contribution < -0.4 is 17.0 Å². The molecule has 0 radical (unpaired) electrons. The van der Waals surface area contributed by atoms with Gasteiger partial charge < -0.3 is 21.7 Å². The normalized spacial score (nSPS) is 12.3. The van der Waals surface area contributed by atoms with Crippen molar-refractivity contribution in [3.63, 3.8) is 0 Å². The molecule has 0 aromatic carbocycles. The third-order valence-corrected chi connectivity index (χ3v) is 5.95. The molecule has 0 aromatic rings. The van der Waals surface area contributed by atoms with Crippen LogP contribution in [0.25, 0.3) is 0 Å². The summed E-state index contributed by atoms with van der Waals surface area (Å²) >= 11 is 0. The Balaban J connectivity index is 0. The first-order valence-electron chi connectivity index (χ1n) is 12.0. The maximum absolute atomic E-state index is 11.7. The minimum atomic E-state index is -0.282. The molecule has 0 saturated carbocycles. The Morgan fingerprint density at radius 2 is 1.14 bits per heavy atom. The number of unbranched alkanes of at least 4 members (excludes halogenated alkanes) is 14. The van der Waals surface area contributed by atoms with Gasteiger partial charge in [-0.15, -0.1) is 0 Å². The van der Waals surface area contributed by atoms with Crippen molar-refractivity contribution < 1.29 is 31.0 Å². The van der Waals surface area contributed by atoms with Crippen LogP contribution in [0.3, 0.4) is 0 Å². The van der Waals surface area contributed by atoms with Gasteiger partial charge in [-0.25, -0.2) is 4.79 Å². The van der Waals surface area contributed by atoms with Crippen LogP contribution in [0, 0.1) is 0 Å². The van der Waals surface area contributed by atoms with Crippen molar-refractivity contribution >= 4 is 5.97 Å². The number of carbonyl (C=O) groups excluding carboxylic acids is 1. The van der Waals surface area contributed by atoms with Crippen molar-refractivity contribution in [2.75, 3.05) is 20.6 Å². The zero-order valence-corrected chi connectivity index (χ0v) is 21.8. The van der Waals surface area contributed by atoms with Crippen molar-refractivity contribution in [1.29, 1.82) is 0 Å². The summed E-state index contributed by atoms with van der Waals surface area (Å²) in [6.07, 6.45) is 20.7. The second kappa shape index (κ2) is 19.6. The Hall–Kier alpha value is -0.350. The first-order chi connectivity index (χ1) is 13.3. The van der Waals surface area contributed by atoms with Crippen LogP contribution in [-0.4, -0.2) is 37.3 Å². The van der Waals surface area contributed by atoms with E-state index >= 15 is 0 Å². The van der Waals surface area contributed by atoms with Gasteiger partial charge in [0.2, 0.25) is 6.23 Å². The minimum absolute atomic E-state index is 0. The number of quaternary nitrogens is 1. The van der Waals surface area contributed by atoms with E-state index < -0.39 is 0 Å². The summed E-state index contributed by atoms with van der Waals surface area (Å²) in [5.41, 5.74) is 0.471. The summed E-state index contributed by atoms with van der Waals surface area (Å²) in [6.45, 7) is 10.7. The van der Waals surface area contributed by atoms with E-state index in [1.54, 1.807) is 6.92 Å². The van der Waals surface area contributed by atoms with Gasteiger partial charge in [0.1, 0.15) is 0 Å². The lowest BCUT2D eigenvalue weighted by Gasteiger charge is -2.35. The SMILES string of the molecule is C=C(C)C(=O)OC(C)[N+](C)(C)CCCCCCCCCCCCCCCCC.[Br-]. The van der Waals surface area contributed by atoms with Crippen LogP contribution in [0.5, 0.6) is 0 Å². The fraction of sp³-hybridized carbons (Fsp3) is 0.880. The van der Waals surface area contributed by atoms with Crippen molar-refractivity contribution in [3.8, 4) is 0 Å². The Morgan fingerprint density at radius 3 is 1.48 bits per heavy atom. The average Bonchev–Trinajstić information content (AvgIpc) is 2.64. The molecule has 174 valence electrons. The molecule has 4 heteroatoms. The maximum Gasteiger partial charge on any atom is 0.337 e. The first-order valence-corrected chi connectivity index (χ1v) is 12.0. The highest BCUT2D eigenvalue weighted by Gasteiger charge is 2.26. The van der Waals surface area contributed by atoms with E-state index in [1.807, 2.05) is 6.92 Å². The molecule has 0 amide bonds. The predicted octanol–water partition coefficient (Wildman–Crippen LogP) is 4.40. The Morgan fingerprint density at radius 1 is 0.793 bits per heavy atom. The monoisotopic (exact) mass is 475 g/mol. The number of ether oxygens (including phenoxy) is 1. The van der Waals surface area contributed by atoms with Crippen molar-refractivity contribution in [2.24, 2.45) is 0 Å². The Labute approximate surface area is 193 Å². The third-order valence-electron chi connectivity index (χ3n) is 5.95. The van der Waals surface area contributed by atoms with Gasteiger partial charge in [-0.2, -0.15) is 0 Å². The van der Waals surface area contributed by atoms with E-state index in [9.17, 15) is 4.79 Å². The van der Waals surface area contributed by atoms with E-state index in [-0.39, 0.29) is 29.2 Å². The zero-order chi connectivity index (χ0) is 21.3. The largest absolute Gasteiger partial charge is 1.00 e. The third kappa shape index (κ3) is 18.2. The lowest BCUT2D eigenvalue weighted by molar-refractivity contribution is -0.932. The summed E-state index contributed by atoms with van der Waals surface area (Å²) in [7, 11) is 4.28. The van der Waals surface area contributed by atoms with Gasteiger partial charge in [-0.05, 0) is 19.8 Å². The molecular weight excluding hydrogens is 426 g/mol. The molecule has 0 bridgehead atoms. The highest BCUT2D eigenvalue weighted by atomic mass is 79.9. The van der Waals surface area contributed by atoms with Crippen LogP contribution in [0.2, 0.25) is 0 Å². The van der Waals surface area contributed by atoms with Gasteiger partial charge in [-0.3, -0.25) is 4.48 Å². The first kappa shape index (κ1) is 30.8. The minimum Gasteiger partial charge on any atom is -1.00 e. The molecule has 1 unspecified atom stereocenters. The number of esters is 1. The highest BCUT2D eigenvalue weighted by molar-refractivity contribution is 5.86. The molecule has 29 heavy (non-hydrogen) atoms. The molecule has 0 saturated heterocycles. The van der Waals surface area contributed by atoms with Gasteiger partial charge in [0, 0.05) is 12.5 Å². The summed E-state index contributed by atoms with van der Waals surface area (Å²) < 4.78 is 6.20. The highest BCUT2D eigenvalue weighted by Crippen LogP contribution is 2.15. The number of carbonyl (C=O) groups is 1. The number of halogens is 1. The van der Waals surface area contributed by atoms with E-state index in [0.717, 1.165) is 11.0 Å². The van der Waals surface area contributed by atoms with Crippen LogP contribution >= 0.6 is 0 Å².